The summed E-state index contributed by atoms with van der Waals surface area (Å²) in [5.74, 6) is -0.285. The molecule has 0 spiro atoms. The Labute approximate surface area is 181 Å². The molecule has 1 aromatic carbocycles. The number of nitrogens with one attached hydrogen (secondary N) is 1. The molecule has 0 radical (unpaired) electrons. The molecule has 31 heavy (non-hydrogen) atoms. The van der Waals surface area contributed by atoms with Gasteiger partial charge in [0.15, 0.2) is 5.13 Å². The van der Waals surface area contributed by atoms with Gasteiger partial charge in [0.25, 0.3) is 0 Å². The van der Waals surface area contributed by atoms with E-state index in [1.165, 1.54) is 34.4 Å². The van der Waals surface area contributed by atoms with Crippen LogP contribution in [0, 0.1) is 0 Å². The van der Waals surface area contributed by atoms with E-state index in [0.717, 1.165) is 0 Å². The lowest BCUT2D eigenvalue weighted by molar-refractivity contribution is -0.274. The number of carboxylic acid groups (broad SMARTS) is 1. The summed E-state index contributed by atoms with van der Waals surface area (Å²) in [5.41, 5.74) is 0.0762. The van der Waals surface area contributed by atoms with Crippen LogP contribution >= 0.6 is 11.3 Å². The van der Waals surface area contributed by atoms with E-state index in [1.54, 1.807) is 0 Å². The van der Waals surface area contributed by atoms with Crippen LogP contribution in [0.4, 0.5) is 23.1 Å². The molecule has 0 atom stereocenters. The van der Waals surface area contributed by atoms with Gasteiger partial charge in [0, 0.05) is 24.7 Å². The van der Waals surface area contributed by atoms with Crippen LogP contribution in [0.5, 0.6) is 5.75 Å². The standard InChI is InChI=1S/C19H26F3N3O5S/c1-18(2,3)25(17(26)27)7-9-29-11-10-28-8-6-23-16-24-14-5-4-13(12-15(14)31-16)30-19(20,21)22/h4-5,12H,6-11H2,1-3H3,(H,23,24)(H,26,27). The third kappa shape index (κ3) is 8.75. The van der Waals surface area contributed by atoms with Gasteiger partial charge in [0.05, 0.1) is 36.6 Å². The van der Waals surface area contributed by atoms with Gasteiger partial charge in [-0.3, -0.25) is 0 Å². The number of aromatic nitrogens is 1. The summed E-state index contributed by atoms with van der Waals surface area (Å²) in [5, 5.41) is 12.8. The highest BCUT2D eigenvalue weighted by Crippen LogP contribution is 2.31. The first-order valence-corrected chi connectivity index (χ1v) is 10.3. The van der Waals surface area contributed by atoms with Crippen molar-refractivity contribution in [3.63, 3.8) is 0 Å². The minimum atomic E-state index is -4.73. The smallest absolute Gasteiger partial charge is 0.465 e. The summed E-state index contributed by atoms with van der Waals surface area (Å²) in [6.45, 7) is 7.52. The van der Waals surface area contributed by atoms with Gasteiger partial charge >= 0.3 is 12.5 Å². The highest BCUT2D eigenvalue weighted by Gasteiger charge is 2.31. The lowest BCUT2D eigenvalue weighted by Gasteiger charge is -2.32. The number of amides is 1. The van der Waals surface area contributed by atoms with Crippen molar-refractivity contribution >= 4 is 32.8 Å². The number of halogens is 3. The molecule has 0 aliphatic heterocycles. The van der Waals surface area contributed by atoms with Crippen molar-refractivity contribution in [2.75, 3.05) is 44.8 Å². The molecule has 174 valence electrons. The van der Waals surface area contributed by atoms with Gasteiger partial charge in [-0.1, -0.05) is 11.3 Å². The number of hydrogen-bond acceptors (Lipinski definition) is 7. The van der Waals surface area contributed by atoms with E-state index in [1.807, 2.05) is 20.8 Å². The number of benzene rings is 1. The average Bonchev–Trinajstić information content (AvgIpc) is 3.02. The van der Waals surface area contributed by atoms with Crippen molar-refractivity contribution in [3.05, 3.63) is 18.2 Å². The predicted octanol–water partition coefficient (Wildman–Crippen LogP) is 4.42. The van der Waals surface area contributed by atoms with Crippen LogP contribution in [0.3, 0.4) is 0 Å². The number of thiazole rings is 1. The van der Waals surface area contributed by atoms with Gasteiger partial charge in [-0.05, 0) is 32.9 Å². The number of hydrogen-bond donors (Lipinski definition) is 2. The second-order valence-corrected chi connectivity index (χ2v) is 8.48. The molecule has 0 unspecified atom stereocenters. The van der Waals surface area contributed by atoms with E-state index in [9.17, 15) is 23.1 Å². The summed E-state index contributed by atoms with van der Waals surface area (Å²) in [6.07, 6.45) is -5.72. The Morgan fingerprint density at radius 1 is 1.16 bits per heavy atom. The molecule has 1 amide bonds. The molecule has 1 heterocycles. The van der Waals surface area contributed by atoms with E-state index >= 15 is 0 Å². The normalized spacial score (nSPS) is 12.2. The van der Waals surface area contributed by atoms with Crippen LogP contribution in [-0.2, 0) is 9.47 Å². The van der Waals surface area contributed by atoms with Crippen LogP contribution < -0.4 is 10.1 Å². The molecule has 0 aliphatic rings. The first-order chi connectivity index (χ1) is 14.5. The molecule has 0 bridgehead atoms. The number of anilines is 1. The highest BCUT2D eigenvalue weighted by atomic mass is 32.1. The minimum Gasteiger partial charge on any atom is -0.465 e. The van der Waals surface area contributed by atoms with Crippen LogP contribution in [0.1, 0.15) is 20.8 Å². The molecule has 12 heteroatoms. The van der Waals surface area contributed by atoms with Crippen molar-refractivity contribution in [2.24, 2.45) is 0 Å². The zero-order valence-electron chi connectivity index (χ0n) is 17.5. The molecule has 1 aromatic heterocycles. The Kier molecular flexibility index (Phi) is 8.71. The molecule has 8 nitrogen and oxygen atoms in total. The Morgan fingerprint density at radius 3 is 2.45 bits per heavy atom. The van der Waals surface area contributed by atoms with Crippen molar-refractivity contribution in [1.82, 2.24) is 9.88 Å². The SMILES string of the molecule is CC(C)(C)N(CCOCCOCCNc1nc2ccc(OC(F)(F)F)cc2s1)C(=O)O. The number of fused-ring (bicyclic) bond motifs is 1. The van der Waals surface area contributed by atoms with Crippen LogP contribution in [-0.4, -0.2) is 72.5 Å². The van der Waals surface area contributed by atoms with Crippen LogP contribution in [0.2, 0.25) is 0 Å². The maximum atomic E-state index is 12.3. The minimum absolute atomic E-state index is 0.272. The zero-order chi connectivity index (χ0) is 23.1. The third-order valence-corrected chi connectivity index (χ3v) is 4.96. The van der Waals surface area contributed by atoms with Crippen LogP contribution in [0.15, 0.2) is 18.2 Å². The van der Waals surface area contributed by atoms with Gasteiger partial charge in [0.1, 0.15) is 5.75 Å². The number of ether oxygens (including phenoxy) is 3. The van der Waals surface area contributed by atoms with E-state index in [4.69, 9.17) is 9.47 Å². The Balaban J connectivity index is 1.62. The van der Waals surface area contributed by atoms with Gasteiger partial charge in [-0.2, -0.15) is 0 Å². The van der Waals surface area contributed by atoms with Crippen molar-refractivity contribution in [1.29, 1.82) is 0 Å². The average molecular weight is 465 g/mol. The monoisotopic (exact) mass is 465 g/mol. The number of rotatable bonds is 11. The Hall–Kier alpha value is -2.31. The molecule has 0 fully saturated rings. The lowest BCUT2D eigenvalue weighted by Crippen LogP contribution is -2.46. The fourth-order valence-electron chi connectivity index (χ4n) is 2.60. The van der Waals surface area contributed by atoms with Crippen molar-refractivity contribution in [2.45, 2.75) is 32.7 Å². The fourth-order valence-corrected chi connectivity index (χ4v) is 3.52. The zero-order valence-corrected chi connectivity index (χ0v) is 18.3. The number of carbonyl (C=O) groups is 1. The Morgan fingerprint density at radius 2 is 1.84 bits per heavy atom. The van der Waals surface area contributed by atoms with Crippen LogP contribution in [0.25, 0.3) is 10.2 Å². The van der Waals surface area contributed by atoms with Gasteiger partial charge in [0.2, 0.25) is 0 Å². The molecular weight excluding hydrogens is 439 g/mol. The predicted molar refractivity (Wildman–Crippen MR) is 111 cm³/mol. The van der Waals surface area contributed by atoms with E-state index in [2.05, 4.69) is 15.0 Å². The third-order valence-electron chi connectivity index (χ3n) is 3.99. The number of alkyl halides is 3. The highest BCUT2D eigenvalue weighted by molar-refractivity contribution is 7.22. The molecule has 2 N–H and O–H groups in total. The summed E-state index contributed by atoms with van der Waals surface area (Å²) < 4.78 is 52.2. The second-order valence-electron chi connectivity index (χ2n) is 7.45. The van der Waals surface area contributed by atoms with Crippen molar-refractivity contribution < 1.29 is 37.3 Å². The van der Waals surface area contributed by atoms with E-state index in [-0.39, 0.29) is 18.9 Å². The quantitative estimate of drug-likeness (QED) is 0.475. The molecule has 0 saturated heterocycles. The first-order valence-electron chi connectivity index (χ1n) is 9.52. The summed E-state index contributed by atoms with van der Waals surface area (Å²) in [7, 11) is 0. The Bertz CT molecular complexity index is 854. The molecular formula is C19H26F3N3O5S. The summed E-state index contributed by atoms with van der Waals surface area (Å²) in [6, 6.07) is 3.99. The van der Waals surface area contributed by atoms with Gasteiger partial charge in [-0.25, -0.2) is 9.78 Å². The number of nitrogens with zero attached hydrogens (tertiary/aromatic N) is 2. The largest absolute Gasteiger partial charge is 0.573 e. The van der Waals surface area contributed by atoms with Gasteiger partial charge in [-0.15, -0.1) is 13.2 Å². The van der Waals surface area contributed by atoms with E-state index in [0.29, 0.717) is 41.7 Å². The maximum Gasteiger partial charge on any atom is 0.573 e. The molecule has 2 rings (SSSR count). The van der Waals surface area contributed by atoms with E-state index < -0.39 is 18.0 Å². The molecule has 0 aliphatic carbocycles. The van der Waals surface area contributed by atoms with Gasteiger partial charge < -0.3 is 29.5 Å². The first kappa shape index (κ1) is 25.0. The lowest BCUT2D eigenvalue weighted by atomic mass is 10.1. The summed E-state index contributed by atoms with van der Waals surface area (Å²) >= 11 is 1.22. The topological polar surface area (TPSA) is 93.2 Å². The fraction of sp³-hybridized carbons (Fsp3) is 0.579. The van der Waals surface area contributed by atoms with Crippen molar-refractivity contribution in [3.8, 4) is 5.75 Å². The second kappa shape index (κ2) is 10.8. The molecule has 2 aromatic rings. The maximum absolute atomic E-state index is 12.3. The molecule has 0 saturated carbocycles. The summed E-state index contributed by atoms with van der Waals surface area (Å²) in [4.78, 5) is 16.8.